The van der Waals surface area contributed by atoms with Gasteiger partial charge in [0, 0.05) is 16.7 Å². The molecule has 4 nitrogen and oxygen atoms in total. The molecule has 0 aliphatic carbocycles. The van der Waals surface area contributed by atoms with Gasteiger partial charge in [0.15, 0.2) is 11.6 Å². The highest BCUT2D eigenvalue weighted by atomic mass is 35.5. The van der Waals surface area contributed by atoms with Gasteiger partial charge in [0.2, 0.25) is 0 Å². The molecule has 2 rings (SSSR count). The van der Waals surface area contributed by atoms with Crippen molar-refractivity contribution in [3.63, 3.8) is 0 Å². The molecule has 1 heterocycles. The van der Waals surface area contributed by atoms with Crippen LogP contribution in [0.4, 0.5) is 5.82 Å². The van der Waals surface area contributed by atoms with E-state index in [0.717, 1.165) is 16.7 Å². The van der Waals surface area contributed by atoms with Crippen molar-refractivity contribution in [2.45, 2.75) is 13.8 Å². The highest BCUT2D eigenvalue weighted by Crippen LogP contribution is 2.39. The second-order valence-electron chi connectivity index (χ2n) is 3.82. The van der Waals surface area contributed by atoms with Crippen LogP contribution in [0.2, 0.25) is 5.02 Å². The number of anilines is 1. The summed E-state index contributed by atoms with van der Waals surface area (Å²) in [4.78, 5) is 0. The third kappa shape index (κ3) is 1.96. The van der Waals surface area contributed by atoms with E-state index >= 15 is 0 Å². The fourth-order valence-electron chi connectivity index (χ4n) is 1.81. The summed E-state index contributed by atoms with van der Waals surface area (Å²) >= 11 is 6.11. The van der Waals surface area contributed by atoms with E-state index in [2.05, 4.69) is 5.16 Å². The topological polar surface area (TPSA) is 61.3 Å². The van der Waals surface area contributed by atoms with E-state index in [9.17, 15) is 0 Å². The Morgan fingerprint density at radius 1 is 1.35 bits per heavy atom. The van der Waals surface area contributed by atoms with Crippen molar-refractivity contribution in [3.05, 3.63) is 28.3 Å². The second-order valence-corrected chi connectivity index (χ2v) is 4.23. The summed E-state index contributed by atoms with van der Waals surface area (Å²) in [6.45, 7) is 3.83. The van der Waals surface area contributed by atoms with Crippen molar-refractivity contribution in [3.8, 4) is 17.1 Å². The average molecular weight is 253 g/mol. The molecule has 0 atom stereocenters. The Kier molecular flexibility index (Phi) is 2.98. The van der Waals surface area contributed by atoms with Crippen LogP contribution in [0.5, 0.6) is 5.75 Å². The molecule has 0 spiro atoms. The number of halogens is 1. The van der Waals surface area contributed by atoms with E-state index < -0.39 is 0 Å². The molecule has 0 saturated heterocycles. The third-order valence-corrected chi connectivity index (χ3v) is 3.03. The molecule has 90 valence electrons. The molecule has 0 radical (unpaired) electrons. The van der Waals surface area contributed by atoms with Gasteiger partial charge in [0.1, 0.15) is 5.75 Å². The van der Waals surface area contributed by atoms with E-state index in [1.54, 1.807) is 13.2 Å². The second kappa shape index (κ2) is 4.30. The summed E-state index contributed by atoms with van der Waals surface area (Å²) < 4.78 is 10.6. The lowest BCUT2D eigenvalue weighted by atomic mass is 10.0. The summed E-state index contributed by atoms with van der Waals surface area (Å²) in [5.74, 6) is 1.61. The van der Waals surface area contributed by atoms with Gasteiger partial charge in [-0.2, -0.15) is 0 Å². The highest BCUT2D eigenvalue weighted by molar-refractivity contribution is 6.31. The Hall–Kier alpha value is -1.68. The van der Waals surface area contributed by atoms with E-state index in [4.69, 9.17) is 26.6 Å². The standard InChI is InChI=1S/C12H13ClN2O2/c1-6-4-8(13)7(2)12(16-3)11(6)9-5-10(14)15-17-9/h4-5H,1-3H3,(H2,14,15). The number of rotatable bonds is 2. The molecule has 0 fully saturated rings. The van der Waals surface area contributed by atoms with Gasteiger partial charge in [-0.25, -0.2) is 0 Å². The molecule has 1 aromatic carbocycles. The first-order valence-electron chi connectivity index (χ1n) is 5.11. The largest absolute Gasteiger partial charge is 0.496 e. The summed E-state index contributed by atoms with van der Waals surface area (Å²) in [7, 11) is 1.60. The maximum atomic E-state index is 6.11. The molecule has 1 aromatic heterocycles. The van der Waals surface area contributed by atoms with E-state index in [0.29, 0.717) is 22.4 Å². The highest BCUT2D eigenvalue weighted by Gasteiger charge is 2.18. The Bertz CT molecular complexity index is 564. The number of hydrogen-bond acceptors (Lipinski definition) is 4. The van der Waals surface area contributed by atoms with Gasteiger partial charge in [-0.3, -0.25) is 0 Å². The Morgan fingerprint density at radius 3 is 2.59 bits per heavy atom. The lowest BCUT2D eigenvalue weighted by Gasteiger charge is -2.13. The fourth-order valence-corrected chi connectivity index (χ4v) is 2.06. The van der Waals surface area contributed by atoms with Gasteiger partial charge in [-0.05, 0) is 25.5 Å². The van der Waals surface area contributed by atoms with Crippen LogP contribution in [-0.2, 0) is 0 Å². The van der Waals surface area contributed by atoms with E-state index in [-0.39, 0.29) is 0 Å². The molecule has 17 heavy (non-hydrogen) atoms. The SMILES string of the molecule is COc1c(C)c(Cl)cc(C)c1-c1cc(N)no1. The molecule has 2 aromatic rings. The van der Waals surface area contributed by atoms with Crippen LogP contribution < -0.4 is 10.5 Å². The minimum Gasteiger partial charge on any atom is -0.496 e. The van der Waals surface area contributed by atoms with Crippen molar-refractivity contribution >= 4 is 17.4 Å². The number of methoxy groups -OCH3 is 1. The van der Waals surface area contributed by atoms with Crippen LogP contribution in [-0.4, -0.2) is 12.3 Å². The Morgan fingerprint density at radius 2 is 2.06 bits per heavy atom. The Balaban J connectivity index is 2.72. The minimum atomic E-state index is 0.342. The molecular formula is C12H13ClN2O2. The van der Waals surface area contributed by atoms with Gasteiger partial charge in [0.25, 0.3) is 0 Å². The van der Waals surface area contributed by atoms with Crippen molar-refractivity contribution in [2.24, 2.45) is 0 Å². The molecule has 0 unspecified atom stereocenters. The Labute approximate surface area is 104 Å². The summed E-state index contributed by atoms with van der Waals surface area (Å²) in [6.07, 6.45) is 0. The van der Waals surface area contributed by atoms with Crippen LogP contribution in [0.15, 0.2) is 16.7 Å². The van der Waals surface area contributed by atoms with Crippen molar-refractivity contribution in [1.82, 2.24) is 5.16 Å². The molecule has 0 bridgehead atoms. The number of nitrogens with zero attached hydrogens (tertiary/aromatic N) is 1. The van der Waals surface area contributed by atoms with Gasteiger partial charge in [-0.15, -0.1) is 0 Å². The van der Waals surface area contributed by atoms with Crippen molar-refractivity contribution < 1.29 is 9.26 Å². The molecule has 5 heteroatoms. The normalized spacial score (nSPS) is 10.6. The van der Waals surface area contributed by atoms with Gasteiger partial charge < -0.3 is 15.0 Å². The first-order valence-corrected chi connectivity index (χ1v) is 5.48. The number of benzene rings is 1. The summed E-state index contributed by atoms with van der Waals surface area (Å²) in [6, 6.07) is 3.53. The third-order valence-electron chi connectivity index (χ3n) is 2.64. The van der Waals surface area contributed by atoms with E-state index in [1.165, 1.54) is 0 Å². The number of hydrogen-bond donors (Lipinski definition) is 1. The van der Waals surface area contributed by atoms with Gasteiger partial charge in [-0.1, -0.05) is 16.8 Å². The summed E-state index contributed by atoms with van der Waals surface area (Å²) in [5.41, 5.74) is 8.20. The van der Waals surface area contributed by atoms with Crippen LogP contribution in [0.1, 0.15) is 11.1 Å². The average Bonchev–Trinajstić information content (AvgIpc) is 2.69. The van der Waals surface area contributed by atoms with Crippen LogP contribution >= 0.6 is 11.6 Å². The lowest BCUT2D eigenvalue weighted by molar-refractivity contribution is 0.404. The molecule has 0 aliphatic rings. The van der Waals surface area contributed by atoms with Crippen LogP contribution in [0.3, 0.4) is 0 Å². The lowest BCUT2D eigenvalue weighted by Crippen LogP contribution is -1.94. The van der Waals surface area contributed by atoms with E-state index in [1.807, 2.05) is 19.9 Å². The number of nitrogen functional groups attached to an aromatic ring is 1. The number of nitrogens with two attached hydrogens (primary N) is 1. The van der Waals surface area contributed by atoms with Gasteiger partial charge >= 0.3 is 0 Å². The molecule has 0 aliphatic heterocycles. The van der Waals surface area contributed by atoms with Crippen molar-refractivity contribution in [2.75, 3.05) is 12.8 Å². The van der Waals surface area contributed by atoms with Crippen LogP contribution in [0.25, 0.3) is 11.3 Å². The first kappa shape index (κ1) is 11.8. The monoisotopic (exact) mass is 252 g/mol. The van der Waals surface area contributed by atoms with Crippen molar-refractivity contribution in [1.29, 1.82) is 0 Å². The molecule has 2 N–H and O–H groups in total. The smallest absolute Gasteiger partial charge is 0.173 e. The quantitative estimate of drug-likeness (QED) is 0.892. The zero-order valence-corrected chi connectivity index (χ0v) is 10.6. The molecule has 0 saturated carbocycles. The molecular weight excluding hydrogens is 240 g/mol. The maximum absolute atomic E-state index is 6.11. The number of aryl methyl sites for hydroxylation is 1. The zero-order chi connectivity index (χ0) is 12.6. The zero-order valence-electron chi connectivity index (χ0n) is 9.87. The minimum absolute atomic E-state index is 0.342. The number of ether oxygens (including phenoxy) is 1. The van der Waals surface area contributed by atoms with Crippen LogP contribution in [0, 0.1) is 13.8 Å². The number of aromatic nitrogens is 1. The molecule has 0 amide bonds. The first-order chi connectivity index (χ1) is 8.04. The fraction of sp³-hybridized carbons (Fsp3) is 0.250. The van der Waals surface area contributed by atoms with Gasteiger partial charge in [0.05, 0.1) is 12.7 Å². The summed E-state index contributed by atoms with van der Waals surface area (Å²) in [5, 5.41) is 4.34. The predicted molar refractivity (Wildman–Crippen MR) is 67.4 cm³/mol. The predicted octanol–water partition coefficient (Wildman–Crippen LogP) is 3.20. The maximum Gasteiger partial charge on any atom is 0.173 e.